The molecule has 2 atom stereocenters. The monoisotopic (exact) mass is 262 g/mol. The second-order valence-electron chi connectivity index (χ2n) is 5.30. The molecule has 1 aromatic rings. The molecule has 0 saturated carbocycles. The molecule has 1 aliphatic heterocycles. The number of hydrogen-bond acceptors (Lipinski definition) is 3. The van der Waals surface area contributed by atoms with Crippen LogP contribution < -0.4 is 5.32 Å². The van der Waals surface area contributed by atoms with E-state index in [1.54, 1.807) is 7.05 Å². The highest BCUT2D eigenvalue weighted by molar-refractivity contribution is 5.94. The van der Waals surface area contributed by atoms with E-state index >= 15 is 0 Å². The van der Waals surface area contributed by atoms with Crippen LogP contribution >= 0.6 is 0 Å². The first-order valence-electron chi connectivity index (χ1n) is 6.81. The zero-order valence-electron chi connectivity index (χ0n) is 11.6. The van der Waals surface area contributed by atoms with Crippen molar-refractivity contribution in [3.8, 4) is 0 Å². The Balaban J connectivity index is 1.98. The van der Waals surface area contributed by atoms with Gasteiger partial charge in [-0.15, -0.1) is 0 Å². The lowest BCUT2D eigenvalue weighted by Gasteiger charge is -2.17. The maximum Gasteiger partial charge on any atom is 0.251 e. The molecule has 1 aromatic carbocycles. The fraction of sp³-hybridized carbons (Fsp3) is 0.533. The Labute approximate surface area is 114 Å². The minimum Gasteiger partial charge on any atom is -0.393 e. The van der Waals surface area contributed by atoms with Crippen molar-refractivity contribution in [3.63, 3.8) is 0 Å². The lowest BCUT2D eigenvalue weighted by Crippen LogP contribution is -2.24. The molecule has 0 spiro atoms. The highest BCUT2D eigenvalue weighted by Crippen LogP contribution is 2.21. The Kier molecular flexibility index (Phi) is 4.56. The van der Waals surface area contributed by atoms with Gasteiger partial charge in [0.2, 0.25) is 0 Å². The number of nitrogens with zero attached hydrogens (tertiary/aromatic N) is 1. The van der Waals surface area contributed by atoms with E-state index in [0.717, 1.165) is 31.6 Å². The second-order valence-corrected chi connectivity index (χ2v) is 5.30. The number of carbonyl (C=O) groups excluding carboxylic acids is 1. The molecule has 0 bridgehead atoms. The molecule has 1 aliphatic rings. The first-order chi connectivity index (χ1) is 9.10. The Morgan fingerprint density at radius 1 is 1.58 bits per heavy atom. The van der Waals surface area contributed by atoms with Crippen LogP contribution in [0.25, 0.3) is 0 Å². The zero-order chi connectivity index (χ0) is 13.8. The molecule has 2 unspecified atom stereocenters. The first kappa shape index (κ1) is 14.0. The van der Waals surface area contributed by atoms with E-state index < -0.39 is 0 Å². The Morgan fingerprint density at radius 3 is 3.00 bits per heavy atom. The molecule has 0 aliphatic carbocycles. The Morgan fingerprint density at radius 2 is 2.37 bits per heavy atom. The van der Waals surface area contributed by atoms with Crippen LogP contribution in [0.15, 0.2) is 24.3 Å². The average Bonchev–Trinajstić information content (AvgIpc) is 2.87. The molecule has 1 saturated heterocycles. The van der Waals surface area contributed by atoms with Gasteiger partial charge in [0.1, 0.15) is 0 Å². The van der Waals surface area contributed by atoms with Gasteiger partial charge in [0.15, 0.2) is 0 Å². The third-order valence-electron chi connectivity index (χ3n) is 3.81. The largest absolute Gasteiger partial charge is 0.393 e. The zero-order valence-corrected chi connectivity index (χ0v) is 11.6. The molecule has 2 N–H and O–H groups in total. The number of nitrogens with one attached hydrogen (secondary N) is 1. The molecule has 19 heavy (non-hydrogen) atoms. The molecule has 104 valence electrons. The maximum atomic E-state index is 11.6. The summed E-state index contributed by atoms with van der Waals surface area (Å²) < 4.78 is 0. The third-order valence-corrected chi connectivity index (χ3v) is 3.81. The summed E-state index contributed by atoms with van der Waals surface area (Å²) in [6.45, 7) is 4.65. The highest BCUT2D eigenvalue weighted by Gasteiger charge is 2.25. The number of likely N-dealkylation sites (tertiary alicyclic amines) is 1. The normalized spacial score (nSPS) is 21.3. The first-order valence-corrected chi connectivity index (χ1v) is 6.81. The SMILES string of the molecule is CNC(=O)c1cccc(CN2CCC(C(C)O)C2)c1. The number of benzene rings is 1. The van der Waals surface area contributed by atoms with Crippen LogP contribution in [0.5, 0.6) is 0 Å². The van der Waals surface area contributed by atoms with Crippen LogP contribution in [0, 0.1) is 5.92 Å². The Hall–Kier alpha value is -1.39. The predicted octanol–water partition coefficient (Wildman–Crippen LogP) is 1.25. The molecular weight excluding hydrogens is 240 g/mol. The van der Waals surface area contributed by atoms with Crippen molar-refractivity contribution in [1.29, 1.82) is 0 Å². The standard InChI is InChI=1S/C15H22N2O2/c1-11(18)14-6-7-17(10-14)9-12-4-3-5-13(8-12)15(19)16-2/h3-5,8,11,14,18H,6-7,9-10H2,1-2H3,(H,16,19). The maximum absolute atomic E-state index is 11.6. The average molecular weight is 262 g/mol. The minimum absolute atomic E-state index is 0.0508. The molecule has 1 fully saturated rings. The van der Waals surface area contributed by atoms with Crippen LogP contribution in [-0.2, 0) is 6.54 Å². The van der Waals surface area contributed by atoms with E-state index in [-0.39, 0.29) is 12.0 Å². The fourth-order valence-electron chi connectivity index (χ4n) is 2.61. The summed E-state index contributed by atoms with van der Waals surface area (Å²) in [7, 11) is 1.64. The van der Waals surface area contributed by atoms with Gasteiger partial charge in [0, 0.05) is 25.7 Å². The molecule has 4 heteroatoms. The van der Waals surface area contributed by atoms with Crippen molar-refractivity contribution in [1.82, 2.24) is 10.2 Å². The molecular formula is C15H22N2O2. The molecule has 0 aromatic heterocycles. The summed E-state index contributed by atoms with van der Waals surface area (Å²) in [5, 5.41) is 12.2. The van der Waals surface area contributed by atoms with Gasteiger partial charge in [0.05, 0.1) is 6.10 Å². The summed E-state index contributed by atoms with van der Waals surface area (Å²) in [6, 6.07) is 7.73. The molecule has 2 rings (SSSR count). The topological polar surface area (TPSA) is 52.6 Å². The van der Waals surface area contributed by atoms with E-state index in [9.17, 15) is 9.90 Å². The fourth-order valence-corrected chi connectivity index (χ4v) is 2.61. The van der Waals surface area contributed by atoms with Gasteiger partial charge in [-0.25, -0.2) is 0 Å². The smallest absolute Gasteiger partial charge is 0.251 e. The van der Waals surface area contributed by atoms with Gasteiger partial charge in [0.25, 0.3) is 5.91 Å². The molecule has 4 nitrogen and oxygen atoms in total. The summed E-state index contributed by atoms with van der Waals surface area (Å²) in [6.07, 6.45) is 0.814. The van der Waals surface area contributed by atoms with Crippen molar-refractivity contribution >= 4 is 5.91 Å². The number of rotatable bonds is 4. The molecule has 1 amide bonds. The van der Waals surface area contributed by atoms with Gasteiger partial charge < -0.3 is 10.4 Å². The molecule has 1 heterocycles. The van der Waals surface area contributed by atoms with Gasteiger partial charge >= 0.3 is 0 Å². The van der Waals surface area contributed by atoms with Crippen molar-refractivity contribution < 1.29 is 9.90 Å². The van der Waals surface area contributed by atoms with E-state index in [1.807, 2.05) is 31.2 Å². The number of carbonyl (C=O) groups is 1. The van der Waals surface area contributed by atoms with Gasteiger partial charge in [-0.1, -0.05) is 12.1 Å². The second kappa shape index (κ2) is 6.17. The van der Waals surface area contributed by atoms with Gasteiger partial charge in [-0.05, 0) is 43.5 Å². The third kappa shape index (κ3) is 3.55. The van der Waals surface area contributed by atoms with Crippen LogP contribution in [0.2, 0.25) is 0 Å². The Bertz CT molecular complexity index is 446. The number of hydrogen-bond donors (Lipinski definition) is 2. The highest BCUT2D eigenvalue weighted by atomic mass is 16.3. The van der Waals surface area contributed by atoms with Crippen molar-refractivity contribution in [2.75, 3.05) is 20.1 Å². The number of aliphatic hydroxyl groups excluding tert-OH is 1. The van der Waals surface area contributed by atoms with Crippen molar-refractivity contribution in [2.24, 2.45) is 5.92 Å². The molecule has 0 radical (unpaired) electrons. The minimum atomic E-state index is -0.234. The summed E-state index contributed by atoms with van der Waals surface area (Å²) in [4.78, 5) is 13.9. The van der Waals surface area contributed by atoms with Gasteiger partial charge in [-0.3, -0.25) is 9.69 Å². The predicted molar refractivity (Wildman–Crippen MR) is 74.9 cm³/mol. The van der Waals surface area contributed by atoms with Crippen molar-refractivity contribution in [3.05, 3.63) is 35.4 Å². The quantitative estimate of drug-likeness (QED) is 0.858. The van der Waals surface area contributed by atoms with E-state index in [1.165, 1.54) is 0 Å². The number of amides is 1. The van der Waals surface area contributed by atoms with Crippen molar-refractivity contribution in [2.45, 2.75) is 26.0 Å². The lowest BCUT2D eigenvalue weighted by molar-refractivity contribution is 0.0963. The van der Waals surface area contributed by atoms with Crippen LogP contribution in [0.4, 0.5) is 0 Å². The van der Waals surface area contributed by atoms with E-state index in [2.05, 4.69) is 10.2 Å². The van der Waals surface area contributed by atoms with E-state index in [4.69, 9.17) is 0 Å². The summed E-state index contributed by atoms with van der Waals surface area (Å²) >= 11 is 0. The summed E-state index contributed by atoms with van der Waals surface area (Å²) in [5.41, 5.74) is 1.85. The van der Waals surface area contributed by atoms with E-state index in [0.29, 0.717) is 11.5 Å². The summed E-state index contributed by atoms with van der Waals surface area (Å²) in [5.74, 6) is 0.326. The van der Waals surface area contributed by atoms with Crippen LogP contribution in [0.1, 0.15) is 29.3 Å². The number of aliphatic hydroxyl groups is 1. The lowest BCUT2D eigenvalue weighted by atomic mass is 10.0. The van der Waals surface area contributed by atoms with Gasteiger partial charge in [-0.2, -0.15) is 0 Å². The van der Waals surface area contributed by atoms with Crippen LogP contribution in [-0.4, -0.2) is 42.2 Å². The van der Waals surface area contributed by atoms with Crippen LogP contribution in [0.3, 0.4) is 0 Å².